The monoisotopic (exact) mass is 1140 g/mol. The lowest BCUT2D eigenvalue weighted by Crippen LogP contribution is -2.83. The Kier molecular flexibility index (Phi) is 15.1. The summed E-state index contributed by atoms with van der Waals surface area (Å²) in [6.07, 6.45) is 7.71. The van der Waals surface area contributed by atoms with Crippen LogP contribution in [0.15, 0.2) is 140 Å². The number of carbonyl (C=O) groups is 3. The van der Waals surface area contributed by atoms with E-state index in [1.807, 2.05) is 98.9 Å². The summed E-state index contributed by atoms with van der Waals surface area (Å²) in [6, 6.07) is 41.9. The van der Waals surface area contributed by atoms with Gasteiger partial charge in [0.15, 0.2) is 0 Å². The number of anilines is 1. The number of methoxy groups -OCH3 is 3. The number of ether oxygens (including phenoxy) is 4. The second kappa shape index (κ2) is 22.1. The van der Waals surface area contributed by atoms with Crippen molar-refractivity contribution in [1.29, 1.82) is 0 Å². The van der Waals surface area contributed by atoms with Crippen molar-refractivity contribution < 1.29 is 48.0 Å². The van der Waals surface area contributed by atoms with Crippen molar-refractivity contribution in [3.05, 3.63) is 167 Å². The number of H-pyrrole nitrogens is 1. The Hall–Kier alpha value is -6.59. The number of aromatic amines is 1. The minimum Gasteiger partial charge on any atom is -0.496 e. The molecule has 5 aromatic carbocycles. The summed E-state index contributed by atoms with van der Waals surface area (Å²) in [4.78, 5) is 55.7. The Labute approximate surface area is 488 Å². The number of esters is 3. The molecule has 12 rings (SSSR count). The van der Waals surface area contributed by atoms with E-state index in [-0.39, 0.29) is 31.0 Å². The van der Waals surface area contributed by atoms with Crippen LogP contribution in [0.1, 0.15) is 93.2 Å². The van der Waals surface area contributed by atoms with E-state index in [0.29, 0.717) is 101 Å². The Balaban J connectivity index is 1.04. The Morgan fingerprint density at radius 1 is 0.771 bits per heavy atom. The molecule has 6 heterocycles. The zero-order valence-electron chi connectivity index (χ0n) is 48.9. The van der Waals surface area contributed by atoms with E-state index in [9.17, 15) is 15.0 Å². The number of hydrogen-bond acceptors (Lipinski definition) is 13. The zero-order valence-corrected chi connectivity index (χ0v) is 49.9. The minimum absolute atomic E-state index is 0.126. The van der Waals surface area contributed by atoms with E-state index in [1.54, 1.807) is 7.11 Å². The van der Waals surface area contributed by atoms with Crippen LogP contribution in [-0.2, 0) is 56.9 Å². The lowest BCUT2D eigenvalue weighted by molar-refractivity contribution is -0.213. The second-order valence-corrected chi connectivity index (χ2v) is 28.2. The number of unbranched alkanes of at least 4 members (excludes halogenated alkanes) is 1. The van der Waals surface area contributed by atoms with Gasteiger partial charge in [-0.3, -0.25) is 19.4 Å². The van der Waals surface area contributed by atoms with Gasteiger partial charge in [0, 0.05) is 90.4 Å². The van der Waals surface area contributed by atoms with Crippen LogP contribution in [0.5, 0.6) is 5.75 Å². The third-order valence-corrected chi connectivity index (χ3v) is 24.7. The highest BCUT2D eigenvalue weighted by molar-refractivity contribution is 6.97. The average Bonchev–Trinajstić information content (AvgIpc) is 1.75. The predicted octanol–water partition coefficient (Wildman–Crippen LogP) is 8.12. The third-order valence-electron chi connectivity index (χ3n) is 20.5. The van der Waals surface area contributed by atoms with Gasteiger partial charge in [-0.2, -0.15) is 0 Å². The molecule has 3 N–H and O–H groups in total. The van der Waals surface area contributed by atoms with Crippen LogP contribution < -0.4 is 20.0 Å². The van der Waals surface area contributed by atoms with Crippen LogP contribution in [0, 0.1) is 11.3 Å². The highest BCUT2D eigenvalue weighted by Crippen LogP contribution is 2.68. The number of fused-ring (bicyclic) bond motifs is 6. The molecule has 2 saturated heterocycles. The molecule has 1 aromatic heterocycles. The third kappa shape index (κ3) is 8.92. The number of nitrogens with one attached hydrogen (secondary N) is 1. The minimum atomic E-state index is -3.58. The maximum atomic E-state index is 15.8. The van der Waals surface area contributed by atoms with Gasteiger partial charge in [0.1, 0.15) is 17.8 Å². The molecule has 6 aliphatic rings. The summed E-state index contributed by atoms with van der Waals surface area (Å²) >= 11 is 0. The fraction of sp³-hybridized carbons (Fsp3) is 0.456. The molecular formula is C68H80N4O10Si. The first-order valence-corrected chi connectivity index (χ1v) is 32.1. The molecular weight excluding hydrogens is 1060 g/mol. The number of aliphatic hydroxyl groups is 2. The van der Waals surface area contributed by atoms with Crippen LogP contribution >= 0.6 is 0 Å². The first kappa shape index (κ1) is 56.9. The molecule has 1 aliphatic carbocycles. The Morgan fingerprint density at radius 2 is 1.46 bits per heavy atom. The number of benzene rings is 5. The number of carbonyl (C=O) groups excluding carboxylic acids is 3. The van der Waals surface area contributed by atoms with Crippen molar-refractivity contribution in [2.75, 3.05) is 66.0 Å². The number of likely N-dealkylation sites (N-methyl/N-ethyl adjacent to an activating group) is 1. The van der Waals surface area contributed by atoms with Crippen LogP contribution in [0.4, 0.5) is 5.69 Å². The maximum Gasteiger partial charge on any atom is 0.342 e. The molecule has 10 atom stereocenters. The highest BCUT2D eigenvalue weighted by Gasteiger charge is 2.80. The van der Waals surface area contributed by atoms with Crippen molar-refractivity contribution in [1.82, 2.24) is 14.8 Å². The maximum absolute atomic E-state index is 15.8. The largest absolute Gasteiger partial charge is 0.496 e. The Bertz CT molecular complexity index is 3380. The molecule has 1 spiro atoms. The van der Waals surface area contributed by atoms with Gasteiger partial charge < -0.3 is 43.5 Å². The number of hydrogen-bond donors (Lipinski definition) is 3. The Morgan fingerprint density at radius 3 is 2.13 bits per heavy atom. The van der Waals surface area contributed by atoms with E-state index in [0.717, 1.165) is 49.3 Å². The molecule has 0 amide bonds. The first-order valence-electron chi connectivity index (χ1n) is 30.0. The topological polar surface area (TPSA) is 163 Å². The number of nitrogens with zero attached hydrogens (tertiary/aromatic N) is 3. The van der Waals surface area contributed by atoms with Crippen LogP contribution in [0.2, 0.25) is 6.04 Å². The summed E-state index contributed by atoms with van der Waals surface area (Å²) < 4.78 is 32.7. The van der Waals surface area contributed by atoms with Crippen molar-refractivity contribution >= 4 is 53.2 Å². The predicted molar refractivity (Wildman–Crippen MR) is 323 cm³/mol. The van der Waals surface area contributed by atoms with Crippen molar-refractivity contribution in [3.63, 3.8) is 0 Å². The molecule has 14 nitrogen and oxygen atoms in total. The van der Waals surface area contributed by atoms with Crippen LogP contribution in [0.25, 0.3) is 10.9 Å². The summed E-state index contributed by atoms with van der Waals surface area (Å²) in [6.45, 7) is 7.63. The summed E-state index contributed by atoms with van der Waals surface area (Å²) in [5.41, 5.74) is -0.763. The molecule has 3 fully saturated rings. The van der Waals surface area contributed by atoms with E-state index < -0.39 is 59.8 Å². The van der Waals surface area contributed by atoms with Crippen LogP contribution in [-0.4, -0.2) is 142 Å². The van der Waals surface area contributed by atoms with Gasteiger partial charge >= 0.3 is 17.9 Å². The van der Waals surface area contributed by atoms with Gasteiger partial charge in [-0.05, 0) is 103 Å². The summed E-state index contributed by atoms with van der Waals surface area (Å²) in [5, 5.41) is 30.0. The van der Waals surface area contributed by atoms with Crippen LogP contribution in [0.3, 0.4) is 0 Å². The van der Waals surface area contributed by atoms with Crippen molar-refractivity contribution in [2.24, 2.45) is 11.3 Å². The lowest BCUT2D eigenvalue weighted by atomic mass is 9.47. The first-order chi connectivity index (χ1) is 40.2. The zero-order chi connectivity index (χ0) is 57.9. The van der Waals surface area contributed by atoms with E-state index in [1.165, 1.54) is 14.2 Å². The van der Waals surface area contributed by atoms with E-state index in [2.05, 4.69) is 81.2 Å². The lowest BCUT2D eigenvalue weighted by Gasteiger charge is -2.65. The number of piperidine rings is 1. The fourth-order valence-electron chi connectivity index (χ4n) is 17.1. The van der Waals surface area contributed by atoms with E-state index >= 15 is 9.59 Å². The highest BCUT2D eigenvalue weighted by atomic mass is 28.4. The van der Waals surface area contributed by atoms with Gasteiger partial charge in [-0.1, -0.05) is 142 Å². The smallest absolute Gasteiger partial charge is 0.342 e. The molecule has 6 aromatic rings. The summed E-state index contributed by atoms with van der Waals surface area (Å²) in [7, 11) is 2.84. The SMILES string of the molecule is CC[C@]1(O)C[C@H]2CN(CCc3c([nH]c4ccccc34)[C@@](C(=O)OC)(c3cc4c(cc3OC)N(C)[C@H]3[C@@](O)(C(=O)OC)[C@H](O[Si](CCCCC(=O)OCc5ccccc5)(c5ccccc5)c5ccccc5)[C@]5(CC)C=CCN6CC[C@]43[C@@H]65)C2)C1. The average molecular weight is 1140 g/mol. The standard InChI is InChI=1S/C68H80N4O10Si/c1-7-64(76)41-47-42-67(62(74)79-5,58-51(32-36-71(43-47)45-64)50-29-18-19-30-54(50)69-58)53-39-52-55(40-56(53)78-4)70(3)60-66(52)34-37-72-35-22-33-65(8-2,59(66)72)61(68(60,77)63(75)80-6)82-83(48-25-14-10-15-26-48,49-27-16-11-17-28-49)38-21-20-31-57(73)81-44-46-23-12-9-13-24-46/h9-19,22-30,33,39-40,47,59-61,69,76-77H,7-8,20-21,31-32,34-38,41-45H2,1-6H3/t47-,59+,60-,61-,64+,65-,66-,67+,68+/m1/s1. The molecule has 1 unspecified atom stereocenters. The van der Waals surface area contributed by atoms with Gasteiger partial charge in [0.25, 0.3) is 8.32 Å². The molecule has 1 saturated carbocycles. The second-order valence-electron chi connectivity index (χ2n) is 24.6. The number of para-hydroxylation sites is 1. The number of aromatic nitrogens is 1. The van der Waals surface area contributed by atoms with Crippen molar-refractivity contribution in [3.8, 4) is 5.75 Å². The molecule has 0 radical (unpaired) electrons. The molecule has 2 bridgehead atoms. The quantitative estimate of drug-likeness (QED) is 0.0264. The fourth-order valence-corrected chi connectivity index (χ4v) is 21.4. The van der Waals surface area contributed by atoms with Gasteiger partial charge in [0.05, 0.1) is 39.1 Å². The molecule has 15 heteroatoms. The van der Waals surface area contributed by atoms with Gasteiger partial charge in [0.2, 0.25) is 5.60 Å². The molecule has 83 heavy (non-hydrogen) atoms. The van der Waals surface area contributed by atoms with Gasteiger partial charge in [-0.25, -0.2) is 4.79 Å². The molecule has 436 valence electrons. The summed E-state index contributed by atoms with van der Waals surface area (Å²) in [5.74, 6) is -1.16. The van der Waals surface area contributed by atoms with Gasteiger partial charge in [-0.15, -0.1) is 0 Å². The van der Waals surface area contributed by atoms with Crippen molar-refractivity contribution in [2.45, 2.75) is 125 Å². The normalized spacial score (nSPS) is 29.8. The van der Waals surface area contributed by atoms with E-state index in [4.69, 9.17) is 23.4 Å². The molecule has 5 aliphatic heterocycles. The number of rotatable bonds is 17.